The minimum Gasteiger partial charge on any atom is -0.494 e. The molecule has 0 fully saturated rings. The minimum atomic E-state index is -4.16. The minimum absolute atomic E-state index is 0.144. The summed E-state index contributed by atoms with van der Waals surface area (Å²) in [5, 5.41) is 17.9. The van der Waals surface area contributed by atoms with Crippen LogP contribution < -0.4 is 18.9 Å². The van der Waals surface area contributed by atoms with Crippen LogP contribution in [0.4, 0.5) is 5.95 Å². The van der Waals surface area contributed by atoms with Crippen LogP contribution in [0.5, 0.6) is 17.4 Å². The second kappa shape index (κ2) is 10.5. The third-order valence-corrected chi connectivity index (χ3v) is 7.52. The number of aliphatic hydroxyl groups is 1. The molecule has 0 aliphatic rings. The number of aliphatic hydroxyl groups excluding tert-OH is 1. The number of methoxy groups -OCH3 is 3. The fraction of sp³-hybridized carbons (Fsp3) is 0.292. The maximum Gasteiger partial charge on any atom is 0.243 e. The van der Waals surface area contributed by atoms with Gasteiger partial charge in [-0.1, -0.05) is 12.1 Å². The topological polar surface area (TPSA) is 143 Å². The summed E-state index contributed by atoms with van der Waals surface area (Å²) in [6, 6.07) is 11.9. The summed E-state index contributed by atoms with van der Waals surface area (Å²) in [6.45, 7) is 1.41. The smallest absolute Gasteiger partial charge is 0.243 e. The zero-order valence-electron chi connectivity index (χ0n) is 21.0. The van der Waals surface area contributed by atoms with Crippen molar-refractivity contribution in [1.29, 1.82) is 0 Å². The van der Waals surface area contributed by atoms with Crippen molar-refractivity contribution in [3.8, 4) is 34.6 Å². The van der Waals surface area contributed by atoms with Crippen molar-refractivity contribution in [3.63, 3.8) is 0 Å². The average Bonchev–Trinajstić information content (AvgIpc) is 3.52. The number of para-hydroxylation sites is 1. The number of nitrogens with zero attached hydrogens (tertiary/aromatic N) is 5. The predicted molar refractivity (Wildman–Crippen MR) is 137 cm³/mol. The molecular formula is C24H28N6O6S. The van der Waals surface area contributed by atoms with Crippen LogP contribution in [0.2, 0.25) is 0 Å². The highest BCUT2D eigenvalue weighted by atomic mass is 32.2. The molecule has 37 heavy (non-hydrogen) atoms. The molecule has 0 spiro atoms. The fourth-order valence-corrected chi connectivity index (χ4v) is 4.86. The van der Waals surface area contributed by atoms with Gasteiger partial charge in [0.15, 0.2) is 5.82 Å². The number of rotatable bonds is 10. The summed E-state index contributed by atoms with van der Waals surface area (Å²) >= 11 is 0. The monoisotopic (exact) mass is 528 g/mol. The van der Waals surface area contributed by atoms with E-state index in [1.54, 1.807) is 66.5 Å². The molecule has 2 atom stereocenters. The molecule has 0 saturated heterocycles. The van der Waals surface area contributed by atoms with Gasteiger partial charge in [-0.15, -0.1) is 10.2 Å². The second-order valence-electron chi connectivity index (χ2n) is 8.17. The number of hydrogen-bond acceptors (Lipinski definition) is 9. The van der Waals surface area contributed by atoms with Crippen molar-refractivity contribution in [3.05, 3.63) is 60.4 Å². The van der Waals surface area contributed by atoms with E-state index in [0.29, 0.717) is 34.3 Å². The van der Waals surface area contributed by atoms with E-state index in [0.717, 1.165) is 0 Å². The number of pyridine rings is 1. The molecule has 12 nitrogen and oxygen atoms in total. The normalized spacial score (nSPS) is 13.1. The first-order valence-corrected chi connectivity index (χ1v) is 12.7. The molecule has 13 heteroatoms. The van der Waals surface area contributed by atoms with Crippen LogP contribution >= 0.6 is 0 Å². The predicted octanol–water partition coefficient (Wildman–Crippen LogP) is 2.56. The van der Waals surface area contributed by atoms with Gasteiger partial charge in [0.25, 0.3) is 0 Å². The van der Waals surface area contributed by atoms with Crippen LogP contribution in [0.1, 0.15) is 18.6 Å². The second-order valence-corrected chi connectivity index (χ2v) is 10.2. The van der Waals surface area contributed by atoms with Gasteiger partial charge in [-0.05, 0) is 36.8 Å². The van der Waals surface area contributed by atoms with Crippen LogP contribution in [0, 0.1) is 0 Å². The summed E-state index contributed by atoms with van der Waals surface area (Å²) in [7, 11) is 2.07. The summed E-state index contributed by atoms with van der Waals surface area (Å²) in [6.07, 6.45) is 2.10. The Labute approximate surface area is 214 Å². The number of nitrogens with one attached hydrogen (secondary N) is 1. The molecule has 3 aromatic heterocycles. The summed E-state index contributed by atoms with van der Waals surface area (Å²) in [4.78, 5) is 4.43. The van der Waals surface area contributed by atoms with Crippen LogP contribution in [-0.4, -0.2) is 64.4 Å². The summed E-state index contributed by atoms with van der Waals surface area (Å²) in [5.41, 5.74) is 1.18. The van der Waals surface area contributed by atoms with Crippen molar-refractivity contribution in [2.75, 3.05) is 26.1 Å². The van der Waals surface area contributed by atoms with Crippen molar-refractivity contribution in [2.24, 2.45) is 7.05 Å². The van der Waals surface area contributed by atoms with Crippen molar-refractivity contribution < 1.29 is 27.7 Å². The van der Waals surface area contributed by atoms with E-state index >= 15 is 0 Å². The Kier molecular flexibility index (Phi) is 7.36. The number of sulfonamides is 1. The van der Waals surface area contributed by atoms with E-state index in [4.69, 9.17) is 14.2 Å². The van der Waals surface area contributed by atoms with Crippen molar-refractivity contribution in [1.82, 2.24) is 24.3 Å². The highest BCUT2D eigenvalue weighted by Crippen LogP contribution is 2.38. The lowest BCUT2D eigenvalue weighted by molar-refractivity contribution is 0.176. The van der Waals surface area contributed by atoms with Gasteiger partial charge >= 0.3 is 0 Å². The largest absolute Gasteiger partial charge is 0.494 e. The Morgan fingerprint density at radius 2 is 1.65 bits per heavy atom. The fourth-order valence-electron chi connectivity index (χ4n) is 3.79. The molecule has 4 aromatic rings. The van der Waals surface area contributed by atoms with Crippen LogP contribution in [0.3, 0.4) is 0 Å². The van der Waals surface area contributed by atoms with Gasteiger partial charge in [0, 0.05) is 25.5 Å². The first-order chi connectivity index (χ1) is 17.7. The van der Waals surface area contributed by atoms with E-state index in [-0.39, 0.29) is 11.8 Å². The molecule has 0 radical (unpaired) electrons. The Morgan fingerprint density at radius 1 is 0.973 bits per heavy atom. The third kappa shape index (κ3) is 5.08. The third-order valence-electron chi connectivity index (χ3n) is 5.81. The van der Waals surface area contributed by atoms with Gasteiger partial charge in [-0.3, -0.25) is 9.29 Å². The summed E-state index contributed by atoms with van der Waals surface area (Å²) in [5.74, 6) is 1.15. The number of aryl methyl sites for hydroxylation is 1. The van der Waals surface area contributed by atoms with Gasteiger partial charge in [0.05, 0.1) is 27.4 Å². The van der Waals surface area contributed by atoms with Gasteiger partial charge < -0.3 is 23.9 Å². The van der Waals surface area contributed by atoms with Crippen LogP contribution in [-0.2, 0) is 17.1 Å². The Hall–Kier alpha value is -4.10. The zero-order chi connectivity index (χ0) is 26.7. The van der Waals surface area contributed by atoms with Crippen molar-refractivity contribution in [2.45, 2.75) is 18.3 Å². The lowest BCUT2D eigenvalue weighted by Crippen LogP contribution is -2.31. The number of aromatic nitrogens is 5. The lowest BCUT2D eigenvalue weighted by atomic mass is 10.1. The number of ether oxygens (including phenoxy) is 3. The Bertz CT molecular complexity index is 1480. The molecule has 0 amide bonds. The maximum atomic E-state index is 13.4. The highest BCUT2D eigenvalue weighted by molar-refractivity contribution is 7.93. The van der Waals surface area contributed by atoms with E-state index in [1.165, 1.54) is 32.8 Å². The molecular weight excluding hydrogens is 500 g/mol. The maximum absolute atomic E-state index is 13.4. The molecule has 0 unspecified atom stereocenters. The highest BCUT2D eigenvalue weighted by Gasteiger charge is 2.33. The Morgan fingerprint density at radius 3 is 2.24 bits per heavy atom. The molecule has 0 aliphatic carbocycles. The Balaban J connectivity index is 1.85. The van der Waals surface area contributed by atoms with Gasteiger partial charge in [-0.2, -0.15) is 0 Å². The van der Waals surface area contributed by atoms with Gasteiger partial charge in [0.1, 0.15) is 28.1 Å². The SMILES string of the molecule is COc1cccc(-c2nnc(NS(=O)(=O)[C@@H](C)[C@@H](O)c3ccn(C)c3)n2-c2c(OC)cccc2OC)n1. The van der Waals surface area contributed by atoms with E-state index < -0.39 is 21.4 Å². The quantitative estimate of drug-likeness (QED) is 0.317. The van der Waals surface area contributed by atoms with E-state index in [1.807, 2.05) is 0 Å². The van der Waals surface area contributed by atoms with Crippen LogP contribution in [0.15, 0.2) is 54.9 Å². The average molecular weight is 529 g/mol. The number of benzene rings is 1. The van der Waals surface area contributed by atoms with E-state index in [9.17, 15) is 13.5 Å². The first-order valence-electron chi connectivity index (χ1n) is 11.2. The molecule has 0 bridgehead atoms. The molecule has 196 valence electrons. The standard InChI is InChI=1S/C24H28N6O6S/c1-15(22(31)16-12-13-29(2)14-16)37(32,33)28-24-27-26-23(17-8-6-11-20(25-17)36-5)30(24)21-18(34-3)9-7-10-19(21)35-4/h6-15,22,31H,1-5H3,(H,27,28)/t15-,22+/m0/s1. The summed E-state index contributed by atoms with van der Waals surface area (Å²) < 4.78 is 48.8. The molecule has 4 rings (SSSR count). The number of hydrogen-bond donors (Lipinski definition) is 2. The lowest BCUT2D eigenvalue weighted by Gasteiger charge is -2.21. The molecule has 0 aliphatic heterocycles. The van der Waals surface area contributed by atoms with Crippen molar-refractivity contribution >= 4 is 16.0 Å². The molecule has 1 aromatic carbocycles. The zero-order valence-corrected chi connectivity index (χ0v) is 21.8. The molecule has 3 heterocycles. The first kappa shape index (κ1) is 26.0. The van der Waals surface area contributed by atoms with Gasteiger partial charge in [-0.25, -0.2) is 13.4 Å². The number of anilines is 1. The van der Waals surface area contributed by atoms with Crippen LogP contribution in [0.25, 0.3) is 17.2 Å². The van der Waals surface area contributed by atoms with E-state index in [2.05, 4.69) is 19.9 Å². The van der Waals surface area contributed by atoms with Gasteiger partial charge in [0.2, 0.25) is 21.9 Å². The molecule has 2 N–H and O–H groups in total. The molecule has 0 saturated carbocycles.